The molecule has 0 aliphatic carbocycles. The average Bonchev–Trinajstić information content (AvgIpc) is 2.97. The van der Waals surface area contributed by atoms with Crippen molar-refractivity contribution in [3.05, 3.63) is 42.0 Å². The molecule has 0 aliphatic rings. The van der Waals surface area contributed by atoms with E-state index >= 15 is 0 Å². The van der Waals surface area contributed by atoms with Gasteiger partial charge in [0.15, 0.2) is 5.69 Å². The Morgan fingerprint density at radius 2 is 2.14 bits per heavy atom. The van der Waals surface area contributed by atoms with Crippen LogP contribution in [0.1, 0.15) is 23.8 Å². The normalized spacial score (nSPS) is 10.6. The lowest BCUT2D eigenvalue weighted by atomic mass is 10.3. The van der Waals surface area contributed by atoms with Gasteiger partial charge in [0.05, 0.1) is 11.9 Å². The van der Waals surface area contributed by atoms with Crippen molar-refractivity contribution in [2.24, 2.45) is 0 Å². The smallest absolute Gasteiger partial charge is 0.273 e. The zero-order valence-corrected chi connectivity index (χ0v) is 11.8. The van der Waals surface area contributed by atoms with Gasteiger partial charge in [-0.1, -0.05) is 5.21 Å². The van der Waals surface area contributed by atoms with E-state index in [9.17, 15) is 9.18 Å². The predicted molar refractivity (Wildman–Crippen MR) is 74.8 cm³/mol. The summed E-state index contributed by atoms with van der Waals surface area (Å²) in [4.78, 5) is 11.8. The van der Waals surface area contributed by atoms with E-state index in [1.54, 1.807) is 12.1 Å². The van der Waals surface area contributed by atoms with E-state index in [0.717, 1.165) is 6.42 Å². The molecule has 0 atom stereocenters. The molecule has 2 rings (SSSR count). The highest BCUT2D eigenvalue weighted by Crippen LogP contribution is 2.08. The van der Waals surface area contributed by atoms with Gasteiger partial charge in [0.25, 0.3) is 5.91 Å². The van der Waals surface area contributed by atoms with Crippen LogP contribution in [-0.2, 0) is 4.74 Å². The molecule has 0 aliphatic heterocycles. The molecule has 0 unspecified atom stereocenters. The molecule has 112 valence electrons. The maximum absolute atomic E-state index is 12.8. The van der Waals surface area contributed by atoms with Crippen molar-refractivity contribution in [3.8, 4) is 5.69 Å². The molecule has 0 spiro atoms. The van der Waals surface area contributed by atoms with Crippen molar-refractivity contribution in [1.29, 1.82) is 0 Å². The molecule has 1 aromatic carbocycles. The van der Waals surface area contributed by atoms with E-state index in [0.29, 0.717) is 25.4 Å². The first-order valence-electron chi connectivity index (χ1n) is 6.75. The molecular formula is C14H17FN4O2. The van der Waals surface area contributed by atoms with Gasteiger partial charge in [-0.15, -0.1) is 5.10 Å². The molecule has 0 saturated carbocycles. The summed E-state index contributed by atoms with van der Waals surface area (Å²) in [5.74, 6) is -0.619. The summed E-state index contributed by atoms with van der Waals surface area (Å²) in [6, 6.07) is 5.77. The fraction of sp³-hybridized carbons (Fsp3) is 0.357. The number of nitrogens with one attached hydrogen (secondary N) is 1. The number of carbonyl (C=O) groups excluding carboxylic acids is 1. The van der Waals surface area contributed by atoms with Crippen molar-refractivity contribution in [3.63, 3.8) is 0 Å². The van der Waals surface area contributed by atoms with E-state index in [2.05, 4.69) is 15.6 Å². The van der Waals surface area contributed by atoms with Gasteiger partial charge in [0.2, 0.25) is 0 Å². The third-order valence-corrected chi connectivity index (χ3v) is 2.77. The number of nitrogens with zero attached hydrogens (tertiary/aromatic N) is 3. The molecule has 1 heterocycles. The Labute approximate surface area is 121 Å². The molecule has 0 bridgehead atoms. The first-order valence-corrected chi connectivity index (χ1v) is 6.75. The molecule has 1 N–H and O–H groups in total. The maximum Gasteiger partial charge on any atom is 0.273 e. The van der Waals surface area contributed by atoms with Crippen molar-refractivity contribution in [2.45, 2.75) is 13.3 Å². The molecule has 21 heavy (non-hydrogen) atoms. The fourth-order valence-electron chi connectivity index (χ4n) is 1.70. The summed E-state index contributed by atoms with van der Waals surface area (Å²) < 4.78 is 19.4. The maximum atomic E-state index is 12.8. The average molecular weight is 292 g/mol. The second-order valence-corrected chi connectivity index (χ2v) is 4.33. The molecular weight excluding hydrogens is 275 g/mol. The van der Waals surface area contributed by atoms with E-state index in [1.807, 2.05) is 6.92 Å². The van der Waals surface area contributed by atoms with Crippen molar-refractivity contribution in [2.75, 3.05) is 19.8 Å². The standard InChI is InChI=1S/C14H17FN4O2/c1-2-21-9-3-8-16-14(20)13-10-19(18-17-13)12-6-4-11(15)5-7-12/h4-7,10H,2-3,8-9H2,1H3,(H,16,20). The van der Waals surface area contributed by atoms with Gasteiger partial charge in [-0.25, -0.2) is 9.07 Å². The van der Waals surface area contributed by atoms with Crippen LogP contribution in [0.3, 0.4) is 0 Å². The van der Waals surface area contributed by atoms with E-state index < -0.39 is 0 Å². The number of hydrogen-bond donors (Lipinski definition) is 1. The second kappa shape index (κ2) is 7.49. The molecule has 2 aromatic rings. The Balaban J connectivity index is 1.90. The first kappa shape index (κ1) is 15.1. The number of ether oxygens (including phenoxy) is 1. The highest BCUT2D eigenvalue weighted by molar-refractivity contribution is 5.91. The Kier molecular flexibility index (Phi) is 5.39. The molecule has 0 saturated heterocycles. The van der Waals surface area contributed by atoms with Crippen LogP contribution in [0.4, 0.5) is 4.39 Å². The number of hydrogen-bond acceptors (Lipinski definition) is 4. The fourth-order valence-corrected chi connectivity index (χ4v) is 1.70. The van der Waals surface area contributed by atoms with Gasteiger partial charge in [-0.05, 0) is 37.6 Å². The molecule has 7 heteroatoms. The SMILES string of the molecule is CCOCCCNC(=O)c1cn(-c2ccc(F)cc2)nn1. The van der Waals surface area contributed by atoms with Gasteiger partial charge in [-0.3, -0.25) is 4.79 Å². The molecule has 6 nitrogen and oxygen atoms in total. The lowest BCUT2D eigenvalue weighted by Gasteiger charge is -2.02. The van der Waals surface area contributed by atoms with Gasteiger partial charge in [0.1, 0.15) is 5.82 Å². The highest BCUT2D eigenvalue weighted by Gasteiger charge is 2.10. The molecule has 0 fully saturated rings. The number of halogens is 1. The minimum Gasteiger partial charge on any atom is -0.382 e. The Hall–Kier alpha value is -2.28. The number of amides is 1. The number of rotatable bonds is 7. The minimum atomic E-state index is -0.328. The summed E-state index contributed by atoms with van der Waals surface area (Å²) in [5.41, 5.74) is 0.857. The van der Waals surface area contributed by atoms with E-state index in [1.165, 1.54) is 23.0 Å². The first-order chi connectivity index (χ1) is 10.2. The van der Waals surface area contributed by atoms with Crippen LogP contribution in [0, 0.1) is 5.82 Å². The van der Waals surface area contributed by atoms with Crippen LogP contribution in [-0.4, -0.2) is 40.7 Å². The van der Waals surface area contributed by atoms with Crippen molar-refractivity contribution >= 4 is 5.91 Å². The molecule has 1 aromatic heterocycles. The summed E-state index contributed by atoms with van der Waals surface area (Å²) in [6.07, 6.45) is 2.25. The summed E-state index contributed by atoms with van der Waals surface area (Å²) >= 11 is 0. The van der Waals surface area contributed by atoms with E-state index in [4.69, 9.17) is 4.74 Å². The quantitative estimate of drug-likeness (QED) is 0.786. The number of carbonyl (C=O) groups is 1. The summed E-state index contributed by atoms with van der Waals surface area (Å²) in [7, 11) is 0. The van der Waals surface area contributed by atoms with Crippen LogP contribution in [0.25, 0.3) is 5.69 Å². The van der Waals surface area contributed by atoms with Gasteiger partial charge in [0, 0.05) is 19.8 Å². The number of benzene rings is 1. The zero-order valence-electron chi connectivity index (χ0n) is 11.8. The summed E-state index contributed by atoms with van der Waals surface area (Å²) in [6.45, 7) is 3.72. The van der Waals surface area contributed by atoms with Crippen LogP contribution in [0.2, 0.25) is 0 Å². The summed E-state index contributed by atoms with van der Waals surface area (Å²) in [5, 5.41) is 10.4. The third-order valence-electron chi connectivity index (χ3n) is 2.77. The second-order valence-electron chi connectivity index (χ2n) is 4.33. The van der Waals surface area contributed by atoms with Gasteiger partial charge in [-0.2, -0.15) is 0 Å². The molecule has 0 radical (unpaired) electrons. The van der Waals surface area contributed by atoms with Crippen molar-refractivity contribution < 1.29 is 13.9 Å². The monoisotopic (exact) mass is 292 g/mol. The topological polar surface area (TPSA) is 69.0 Å². The van der Waals surface area contributed by atoms with Crippen LogP contribution < -0.4 is 5.32 Å². The Morgan fingerprint density at radius 3 is 2.86 bits per heavy atom. The lowest BCUT2D eigenvalue weighted by Crippen LogP contribution is -2.25. The predicted octanol–water partition coefficient (Wildman–Crippen LogP) is 1.56. The third kappa shape index (κ3) is 4.35. The minimum absolute atomic E-state index is 0.218. The molecule has 1 amide bonds. The van der Waals surface area contributed by atoms with Crippen LogP contribution >= 0.6 is 0 Å². The van der Waals surface area contributed by atoms with E-state index in [-0.39, 0.29) is 17.4 Å². The number of aromatic nitrogens is 3. The van der Waals surface area contributed by atoms with Crippen LogP contribution in [0.15, 0.2) is 30.5 Å². The highest BCUT2D eigenvalue weighted by atomic mass is 19.1. The van der Waals surface area contributed by atoms with Crippen molar-refractivity contribution in [1.82, 2.24) is 20.3 Å². The largest absolute Gasteiger partial charge is 0.382 e. The van der Waals surface area contributed by atoms with Crippen LogP contribution in [0.5, 0.6) is 0 Å². The Bertz CT molecular complexity index is 583. The Morgan fingerprint density at radius 1 is 1.38 bits per heavy atom. The zero-order chi connectivity index (χ0) is 15.1. The van der Waals surface area contributed by atoms with Gasteiger partial charge < -0.3 is 10.1 Å². The van der Waals surface area contributed by atoms with Gasteiger partial charge >= 0.3 is 0 Å². The lowest BCUT2D eigenvalue weighted by molar-refractivity contribution is 0.0939.